The molecule has 4 nitrogen and oxygen atoms in total. The Labute approximate surface area is 120 Å². The van der Waals surface area contributed by atoms with Crippen LogP contribution in [-0.4, -0.2) is 21.2 Å². The van der Waals surface area contributed by atoms with Crippen LogP contribution in [0.3, 0.4) is 0 Å². The minimum absolute atomic E-state index is 0.578. The quantitative estimate of drug-likeness (QED) is 0.877. The number of H-pyrrole nitrogens is 1. The molecule has 2 N–H and O–H groups in total. The summed E-state index contributed by atoms with van der Waals surface area (Å²) >= 11 is 0. The Balaban J connectivity index is 1.65. The van der Waals surface area contributed by atoms with E-state index in [9.17, 15) is 0 Å². The molecule has 1 atom stereocenters. The van der Waals surface area contributed by atoms with Gasteiger partial charge in [0.15, 0.2) is 0 Å². The Morgan fingerprint density at radius 3 is 2.95 bits per heavy atom. The van der Waals surface area contributed by atoms with Gasteiger partial charge in [-0.05, 0) is 37.8 Å². The van der Waals surface area contributed by atoms with Crippen LogP contribution >= 0.6 is 0 Å². The molecule has 1 saturated carbocycles. The van der Waals surface area contributed by atoms with Gasteiger partial charge in [0.05, 0.1) is 11.9 Å². The number of hydrogen-bond donors (Lipinski definition) is 2. The summed E-state index contributed by atoms with van der Waals surface area (Å²) in [5.41, 5.74) is 3.38. The van der Waals surface area contributed by atoms with Gasteiger partial charge >= 0.3 is 0 Å². The van der Waals surface area contributed by atoms with Gasteiger partial charge in [-0.1, -0.05) is 12.8 Å². The maximum atomic E-state index is 4.18. The van der Waals surface area contributed by atoms with Crippen LogP contribution in [0.15, 0.2) is 30.7 Å². The van der Waals surface area contributed by atoms with E-state index in [2.05, 4.69) is 33.5 Å². The van der Waals surface area contributed by atoms with Crippen molar-refractivity contribution < 1.29 is 0 Å². The van der Waals surface area contributed by atoms with Crippen LogP contribution in [0.1, 0.15) is 38.2 Å². The van der Waals surface area contributed by atoms with Crippen molar-refractivity contribution >= 4 is 0 Å². The lowest BCUT2D eigenvalue weighted by Crippen LogP contribution is -2.31. The second-order valence-electron chi connectivity index (χ2n) is 5.73. The van der Waals surface area contributed by atoms with Gasteiger partial charge in [-0.15, -0.1) is 0 Å². The van der Waals surface area contributed by atoms with Crippen LogP contribution in [-0.2, 0) is 6.54 Å². The number of aromatic amines is 1. The van der Waals surface area contributed by atoms with Gasteiger partial charge in [-0.3, -0.25) is 10.1 Å². The van der Waals surface area contributed by atoms with Gasteiger partial charge in [-0.2, -0.15) is 5.10 Å². The second-order valence-corrected chi connectivity index (χ2v) is 5.73. The van der Waals surface area contributed by atoms with Crippen molar-refractivity contribution in [3.05, 3.63) is 36.3 Å². The van der Waals surface area contributed by atoms with Crippen molar-refractivity contribution in [1.82, 2.24) is 20.5 Å². The molecule has 0 amide bonds. The number of hydrogen-bond acceptors (Lipinski definition) is 3. The summed E-state index contributed by atoms with van der Waals surface area (Å²) < 4.78 is 0. The number of rotatable bonds is 5. The fraction of sp³-hybridized carbons (Fsp3) is 0.500. The average Bonchev–Trinajstić information content (AvgIpc) is 3.17. The van der Waals surface area contributed by atoms with E-state index in [1.54, 1.807) is 6.20 Å². The zero-order chi connectivity index (χ0) is 13.8. The smallest absolute Gasteiger partial charge is 0.0710 e. The van der Waals surface area contributed by atoms with E-state index in [0.717, 1.165) is 23.7 Å². The van der Waals surface area contributed by atoms with Crippen LogP contribution in [0.2, 0.25) is 0 Å². The molecular formula is C16H22N4. The number of pyridine rings is 1. The molecule has 1 fully saturated rings. The van der Waals surface area contributed by atoms with E-state index >= 15 is 0 Å². The number of nitrogens with one attached hydrogen (secondary N) is 2. The number of nitrogens with zero attached hydrogens (tertiary/aromatic N) is 2. The van der Waals surface area contributed by atoms with Crippen molar-refractivity contribution in [2.45, 2.75) is 45.2 Å². The fourth-order valence-corrected chi connectivity index (χ4v) is 3.10. The molecule has 4 heteroatoms. The summed E-state index contributed by atoms with van der Waals surface area (Å²) in [7, 11) is 0. The molecule has 3 rings (SSSR count). The van der Waals surface area contributed by atoms with Gasteiger partial charge in [0.25, 0.3) is 0 Å². The molecule has 20 heavy (non-hydrogen) atoms. The molecule has 0 aromatic carbocycles. The summed E-state index contributed by atoms with van der Waals surface area (Å²) in [6.07, 6.45) is 11.1. The highest BCUT2D eigenvalue weighted by Gasteiger charge is 2.21. The largest absolute Gasteiger partial charge is 0.310 e. The molecular weight excluding hydrogens is 248 g/mol. The van der Waals surface area contributed by atoms with Crippen molar-refractivity contribution in [3.63, 3.8) is 0 Å². The highest BCUT2D eigenvalue weighted by atomic mass is 15.1. The highest BCUT2D eigenvalue weighted by Crippen LogP contribution is 2.28. The first-order valence-electron chi connectivity index (χ1n) is 7.50. The minimum atomic E-state index is 0.578. The average molecular weight is 270 g/mol. The molecule has 2 aromatic rings. The Hall–Kier alpha value is -1.68. The summed E-state index contributed by atoms with van der Waals surface area (Å²) in [6, 6.07) is 4.59. The molecule has 0 radical (unpaired) electrons. The van der Waals surface area contributed by atoms with Gasteiger partial charge in [0.2, 0.25) is 0 Å². The summed E-state index contributed by atoms with van der Waals surface area (Å²) in [6.45, 7) is 3.16. The molecule has 1 aliphatic carbocycles. The molecule has 0 saturated heterocycles. The van der Waals surface area contributed by atoms with Crippen LogP contribution < -0.4 is 5.32 Å². The SMILES string of the molecule is C[C@@H](NCc1cn[nH]c1-c1cccnc1)C1CCCC1. The maximum Gasteiger partial charge on any atom is 0.0710 e. The van der Waals surface area contributed by atoms with Crippen molar-refractivity contribution in [2.75, 3.05) is 0 Å². The van der Waals surface area contributed by atoms with E-state index in [1.165, 1.54) is 31.2 Å². The van der Waals surface area contributed by atoms with Crippen LogP contribution in [0.5, 0.6) is 0 Å². The predicted molar refractivity (Wildman–Crippen MR) is 80.1 cm³/mol. The molecule has 0 spiro atoms. The van der Waals surface area contributed by atoms with Gasteiger partial charge in [0, 0.05) is 36.1 Å². The monoisotopic (exact) mass is 270 g/mol. The van der Waals surface area contributed by atoms with Crippen molar-refractivity contribution in [2.24, 2.45) is 5.92 Å². The lowest BCUT2D eigenvalue weighted by molar-refractivity contribution is 0.381. The standard InChI is InChI=1S/C16H22N4/c1-12(13-5-2-3-6-13)18-10-15-11-19-20-16(15)14-7-4-8-17-9-14/h4,7-9,11-13,18H,2-3,5-6,10H2,1H3,(H,19,20)/t12-/m1/s1. The molecule has 0 unspecified atom stereocenters. The van der Waals surface area contributed by atoms with Gasteiger partial charge < -0.3 is 5.32 Å². The van der Waals surface area contributed by atoms with Crippen molar-refractivity contribution in [3.8, 4) is 11.3 Å². The Morgan fingerprint density at radius 2 is 2.20 bits per heavy atom. The van der Waals surface area contributed by atoms with Gasteiger partial charge in [0.1, 0.15) is 0 Å². The van der Waals surface area contributed by atoms with Crippen molar-refractivity contribution in [1.29, 1.82) is 0 Å². The maximum absolute atomic E-state index is 4.18. The lowest BCUT2D eigenvalue weighted by atomic mass is 9.99. The molecule has 1 aliphatic rings. The minimum Gasteiger partial charge on any atom is -0.310 e. The van der Waals surface area contributed by atoms with E-state index < -0.39 is 0 Å². The van der Waals surface area contributed by atoms with Crippen LogP contribution in [0.4, 0.5) is 0 Å². The topological polar surface area (TPSA) is 53.6 Å². The molecule has 106 valence electrons. The van der Waals surface area contributed by atoms with E-state index in [0.29, 0.717) is 6.04 Å². The van der Waals surface area contributed by atoms with Crippen LogP contribution in [0, 0.1) is 5.92 Å². The van der Waals surface area contributed by atoms with Crippen LogP contribution in [0.25, 0.3) is 11.3 Å². The Bertz CT molecular complexity index is 528. The first kappa shape index (κ1) is 13.3. The predicted octanol–water partition coefficient (Wildman–Crippen LogP) is 3.14. The Morgan fingerprint density at radius 1 is 1.35 bits per heavy atom. The third-order valence-electron chi connectivity index (χ3n) is 4.39. The normalized spacial score (nSPS) is 17.4. The third-order valence-corrected chi connectivity index (χ3v) is 4.39. The zero-order valence-electron chi connectivity index (χ0n) is 12.0. The molecule has 2 aromatic heterocycles. The van der Waals surface area contributed by atoms with E-state index in [1.807, 2.05) is 18.5 Å². The van der Waals surface area contributed by atoms with E-state index in [4.69, 9.17) is 0 Å². The highest BCUT2D eigenvalue weighted by molar-refractivity contribution is 5.61. The number of aromatic nitrogens is 3. The zero-order valence-corrected chi connectivity index (χ0v) is 12.0. The molecule has 0 aliphatic heterocycles. The lowest BCUT2D eigenvalue weighted by Gasteiger charge is -2.20. The summed E-state index contributed by atoms with van der Waals surface area (Å²) in [5, 5.41) is 10.9. The molecule has 0 bridgehead atoms. The third kappa shape index (κ3) is 2.90. The second kappa shape index (κ2) is 6.18. The first-order valence-corrected chi connectivity index (χ1v) is 7.50. The fourth-order valence-electron chi connectivity index (χ4n) is 3.10. The Kier molecular flexibility index (Phi) is 4.11. The summed E-state index contributed by atoms with van der Waals surface area (Å²) in [5.74, 6) is 0.837. The van der Waals surface area contributed by atoms with Gasteiger partial charge in [-0.25, -0.2) is 0 Å². The molecule has 2 heterocycles. The van der Waals surface area contributed by atoms with E-state index in [-0.39, 0.29) is 0 Å². The summed E-state index contributed by atoms with van der Waals surface area (Å²) in [4.78, 5) is 4.17. The first-order chi connectivity index (χ1) is 9.84.